The molecular formula is C24H23N. The highest BCUT2D eigenvalue weighted by Crippen LogP contribution is 2.24. The van der Waals surface area contributed by atoms with E-state index in [9.17, 15) is 5.26 Å². The predicted molar refractivity (Wildman–Crippen MR) is 104 cm³/mol. The van der Waals surface area contributed by atoms with Gasteiger partial charge in [0.1, 0.15) is 0 Å². The van der Waals surface area contributed by atoms with E-state index in [0.29, 0.717) is 0 Å². The van der Waals surface area contributed by atoms with Gasteiger partial charge in [0.25, 0.3) is 0 Å². The Bertz CT molecular complexity index is 824. The first-order chi connectivity index (χ1) is 12.3. The Morgan fingerprint density at radius 2 is 1.24 bits per heavy atom. The second-order valence-corrected chi connectivity index (χ2v) is 6.39. The Labute approximate surface area is 150 Å². The molecule has 1 atom stereocenters. The van der Waals surface area contributed by atoms with Crippen molar-refractivity contribution in [1.29, 1.82) is 5.26 Å². The van der Waals surface area contributed by atoms with Crippen LogP contribution in [0.15, 0.2) is 78.9 Å². The van der Waals surface area contributed by atoms with Crippen molar-refractivity contribution in [3.05, 3.63) is 95.6 Å². The van der Waals surface area contributed by atoms with Crippen LogP contribution in [0.2, 0.25) is 0 Å². The highest BCUT2D eigenvalue weighted by molar-refractivity contribution is 5.64. The van der Waals surface area contributed by atoms with E-state index in [-0.39, 0.29) is 5.92 Å². The maximum atomic E-state index is 9.18. The van der Waals surface area contributed by atoms with Crippen molar-refractivity contribution in [3.8, 4) is 17.2 Å². The van der Waals surface area contributed by atoms with Crippen molar-refractivity contribution in [1.82, 2.24) is 0 Å². The van der Waals surface area contributed by atoms with Crippen LogP contribution in [0.5, 0.6) is 0 Å². The van der Waals surface area contributed by atoms with Crippen LogP contribution >= 0.6 is 0 Å². The molecule has 0 saturated heterocycles. The van der Waals surface area contributed by atoms with E-state index in [0.717, 1.165) is 24.8 Å². The third-order valence-electron chi connectivity index (χ3n) is 4.71. The van der Waals surface area contributed by atoms with Crippen LogP contribution in [0.25, 0.3) is 11.1 Å². The zero-order chi connectivity index (χ0) is 17.5. The topological polar surface area (TPSA) is 23.8 Å². The van der Waals surface area contributed by atoms with Crippen molar-refractivity contribution < 1.29 is 0 Å². The zero-order valence-electron chi connectivity index (χ0n) is 14.7. The summed E-state index contributed by atoms with van der Waals surface area (Å²) < 4.78 is 0. The average molecular weight is 325 g/mol. The maximum Gasteiger partial charge on any atom is 0.0710 e. The van der Waals surface area contributed by atoms with Gasteiger partial charge >= 0.3 is 0 Å². The predicted octanol–water partition coefficient (Wildman–Crippen LogP) is 6.16. The fourth-order valence-electron chi connectivity index (χ4n) is 3.11. The van der Waals surface area contributed by atoms with Crippen LogP contribution in [0.4, 0.5) is 0 Å². The molecule has 3 rings (SSSR count). The summed E-state index contributed by atoms with van der Waals surface area (Å²) in [4.78, 5) is 0. The molecule has 0 aliphatic carbocycles. The van der Waals surface area contributed by atoms with Gasteiger partial charge in [0.15, 0.2) is 0 Å². The van der Waals surface area contributed by atoms with Crippen LogP contribution < -0.4 is 0 Å². The van der Waals surface area contributed by atoms with Crippen LogP contribution in [0.1, 0.15) is 36.0 Å². The SMILES string of the molecule is CCC(C#N)c1ccc(-c2ccc(CCc3ccccc3)cc2)cc1. The molecule has 0 amide bonds. The largest absolute Gasteiger partial charge is 0.198 e. The van der Waals surface area contributed by atoms with Gasteiger partial charge in [0, 0.05) is 0 Å². The first-order valence-corrected chi connectivity index (χ1v) is 8.93. The van der Waals surface area contributed by atoms with Gasteiger partial charge in [0.2, 0.25) is 0 Å². The average Bonchev–Trinajstić information content (AvgIpc) is 2.69. The molecular weight excluding hydrogens is 302 g/mol. The summed E-state index contributed by atoms with van der Waals surface area (Å²) in [6.07, 6.45) is 2.98. The minimum Gasteiger partial charge on any atom is -0.198 e. The molecule has 3 aromatic rings. The Hall–Kier alpha value is -2.85. The Morgan fingerprint density at radius 1 is 0.720 bits per heavy atom. The summed E-state index contributed by atoms with van der Waals surface area (Å²) in [6, 6.07) is 30.2. The van der Waals surface area contributed by atoms with Gasteiger partial charge in [-0.1, -0.05) is 85.8 Å². The van der Waals surface area contributed by atoms with Gasteiger partial charge < -0.3 is 0 Å². The minimum absolute atomic E-state index is 0.00517. The molecule has 0 aromatic heterocycles. The number of nitriles is 1. The number of hydrogen-bond donors (Lipinski definition) is 0. The van der Waals surface area contributed by atoms with E-state index in [1.807, 2.05) is 0 Å². The standard InChI is InChI=1S/C24H23N/c1-2-21(18-25)22-14-16-24(17-15-22)23-12-10-20(11-13-23)9-8-19-6-4-3-5-7-19/h3-7,10-17,21H,2,8-9H2,1H3. The van der Waals surface area contributed by atoms with E-state index in [4.69, 9.17) is 0 Å². The molecule has 3 aromatic carbocycles. The number of rotatable bonds is 6. The van der Waals surface area contributed by atoms with E-state index in [1.54, 1.807) is 0 Å². The summed E-state index contributed by atoms with van der Waals surface area (Å²) in [5.41, 5.74) is 6.27. The number of benzene rings is 3. The lowest BCUT2D eigenvalue weighted by atomic mass is 9.95. The molecule has 1 nitrogen and oxygen atoms in total. The third-order valence-corrected chi connectivity index (χ3v) is 4.71. The quantitative estimate of drug-likeness (QED) is 0.533. The molecule has 0 spiro atoms. The summed E-state index contributed by atoms with van der Waals surface area (Å²) in [6.45, 7) is 2.05. The van der Waals surface area contributed by atoms with Crippen LogP contribution in [0, 0.1) is 11.3 Å². The van der Waals surface area contributed by atoms with Gasteiger partial charge in [-0.3, -0.25) is 0 Å². The lowest BCUT2D eigenvalue weighted by Crippen LogP contribution is -1.93. The molecule has 0 radical (unpaired) electrons. The van der Waals surface area contributed by atoms with Crippen molar-refractivity contribution in [2.75, 3.05) is 0 Å². The molecule has 124 valence electrons. The molecule has 0 heterocycles. The van der Waals surface area contributed by atoms with Gasteiger partial charge in [-0.25, -0.2) is 0 Å². The van der Waals surface area contributed by atoms with E-state index < -0.39 is 0 Å². The second kappa shape index (κ2) is 8.31. The molecule has 25 heavy (non-hydrogen) atoms. The lowest BCUT2D eigenvalue weighted by molar-refractivity contribution is 0.818. The van der Waals surface area contributed by atoms with Gasteiger partial charge in [0.05, 0.1) is 12.0 Å². The first kappa shape index (κ1) is 17.0. The molecule has 0 fully saturated rings. The summed E-state index contributed by atoms with van der Waals surface area (Å²) in [5, 5.41) is 9.18. The van der Waals surface area contributed by atoms with Crippen molar-refractivity contribution >= 4 is 0 Å². The molecule has 1 heteroatoms. The summed E-state index contributed by atoms with van der Waals surface area (Å²) in [7, 11) is 0. The third kappa shape index (κ3) is 4.37. The first-order valence-electron chi connectivity index (χ1n) is 8.93. The normalized spacial score (nSPS) is 11.7. The highest BCUT2D eigenvalue weighted by atomic mass is 14.3. The van der Waals surface area contributed by atoms with Crippen molar-refractivity contribution in [2.24, 2.45) is 0 Å². The van der Waals surface area contributed by atoms with E-state index in [2.05, 4.69) is 91.9 Å². The molecule has 0 aliphatic rings. The molecule has 1 unspecified atom stereocenters. The Morgan fingerprint density at radius 3 is 1.76 bits per heavy atom. The monoisotopic (exact) mass is 325 g/mol. The highest BCUT2D eigenvalue weighted by Gasteiger charge is 2.07. The second-order valence-electron chi connectivity index (χ2n) is 6.39. The van der Waals surface area contributed by atoms with E-state index >= 15 is 0 Å². The Balaban J connectivity index is 1.67. The fourth-order valence-corrected chi connectivity index (χ4v) is 3.11. The summed E-state index contributed by atoms with van der Waals surface area (Å²) >= 11 is 0. The number of nitrogens with zero attached hydrogens (tertiary/aromatic N) is 1. The molecule has 0 saturated carbocycles. The van der Waals surface area contributed by atoms with Crippen LogP contribution in [-0.4, -0.2) is 0 Å². The number of hydrogen-bond acceptors (Lipinski definition) is 1. The van der Waals surface area contributed by atoms with Crippen molar-refractivity contribution in [2.45, 2.75) is 32.1 Å². The molecule has 0 bridgehead atoms. The summed E-state index contributed by atoms with van der Waals surface area (Å²) in [5.74, 6) is -0.00517. The lowest BCUT2D eigenvalue weighted by Gasteiger charge is -2.09. The van der Waals surface area contributed by atoms with Crippen LogP contribution in [-0.2, 0) is 12.8 Å². The minimum atomic E-state index is -0.00517. The molecule has 0 N–H and O–H groups in total. The van der Waals surface area contributed by atoms with Gasteiger partial charge in [-0.2, -0.15) is 5.26 Å². The van der Waals surface area contributed by atoms with E-state index in [1.165, 1.54) is 22.3 Å². The smallest absolute Gasteiger partial charge is 0.0710 e. The fraction of sp³-hybridized carbons (Fsp3) is 0.208. The molecule has 0 aliphatic heterocycles. The number of aryl methyl sites for hydroxylation is 2. The van der Waals surface area contributed by atoms with Gasteiger partial charge in [-0.05, 0) is 47.1 Å². The zero-order valence-corrected chi connectivity index (χ0v) is 14.7. The van der Waals surface area contributed by atoms with Crippen molar-refractivity contribution in [3.63, 3.8) is 0 Å². The van der Waals surface area contributed by atoms with Gasteiger partial charge in [-0.15, -0.1) is 0 Å². The Kier molecular flexibility index (Phi) is 5.65. The maximum absolute atomic E-state index is 9.18. The van der Waals surface area contributed by atoms with Crippen LogP contribution in [0.3, 0.4) is 0 Å².